The average Bonchev–Trinajstić information content (AvgIpc) is 1.95. The Morgan fingerprint density at radius 3 is 2.25 bits per heavy atom. The highest BCUT2D eigenvalue weighted by Crippen LogP contribution is 2.21. The van der Waals surface area contributed by atoms with Gasteiger partial charge in [-0.05, 0) is 0 Å². The second kappa shape index (κ2) is 5.34. The molecular formula is C6H12F3NO2. The van der Waals surface area contributed by atoms with Gasteiger partial charge in [0.05, 0.1) is 13.2 Å². The van der Waals surface area contributed by atoms with Crippen LogP contribution >= 0.6 is 0 Å². The van der Waals surface area contributed by atoms with Crippen LogP contribution in [0.3, 0.4) is 0 Å². The van der Waals surface area contributed by atoms with E-state index in [1.165, 1.54) is 7.11 Å². The van der Waals surface area contributed by atoms with E-state index in [0.29, 0.717) is 0 Å². The van der Waals surface area contributed by atoms with Crippen molar-refractivity contribution in [1.29, 1.82) is 0 Å². The van der Waals surface area contributed by atoms with Crippen LogP contribution in [0.25, 0.3) is 0 Å². The summed E-state index contributed by atoms with van der Waals surface area (Å²) in [5, 5.41) is 0. The van der Waals surface area contributed by atoms with Crippen LogP contribution in [0.5, 0.6) is 0 Å². The first-order valence-corrected chi connectivity index (χ1v) is 3.39. The van der Waals surface area contributed by atoms with Gasteiger partial charge >= 0.3 is 6.18 Å². The normalized spacial score (nSPS) is 14.8. The van der Waals surface area contributed by atoms with Crippen LogP contribution in [0.2, 0.25) is 0 Å². The Kier molecular flexibility index (Phi) is 5.19. The van der Waals surface area contributed by atoms with Gasteiger partial charge in [0.2, 0.25) is 0 Å². The molecule has 0 aromatic heterocycles. The van der Waals surface area contributed by atoms with Gasteiger partial charge in [0.1, 0.15) is 0 Å². The number of rotatable bonds is 5. The van der Waals surface area contributed by atoms with Gasteiger partial charge < -0.3 is 15.2 Å². The molecule has 1 unspecified atom stereocenters. The lowest BCUT2D eigenvalue weighted by molar-refractivity contribution is -0.218. The highest BCUT2D eigenvalue weighted by atomic mass is 19.4. The van der Waals surface area contributed by atoms with Crippen molar-refractivity contribution in [2.75, 3.05) is 26.9 Å². The first-order valence-electron chi connectivity index (χ1n) is 3.39. The van der Waals surface area contributed by atoms with Gasteiger partial charge in [-0.1, -0.05) is 0 Å². The Balaban J connectivity index is 3.68. The number of hydrogen-bond donors (Lipinski definition) is 1. The lowest BCUT2D eigenvalue weighted by Gasteiger charge is -2.18. The number of alkyl halides is 3. The predicted molar refractivity (Wildman–Crippen MR) is 36.7 cm³/mol. The molecule has 0 radical (unpaired) electrons. The number of nitrogens with two attached hydrogens (primary N) is 1. The molecule has 0 rings (SSSR count). The quantitative estimate of drug-likeness (QED) is 0.639. The molecule has 0 saturated carbocycles. The molecule has 2 N–H and O–H groups in total. The lowest BCUT2D eigenvalue weighted by atomic mass is 10.3. The van der Waals surface area contributed by atoms with E-state index in [1.807, 2.05) is 0 Å². The van der Waals surface area contributed by atoms with Crippen LogP contribution < -0.4 is 5.73 Å². The van der Waals surface area contributed by atoms with Crippen molar-refractivity contribution in [3.05, 3.63) is 0 Å². The number of methoxy groups -OCH3 is 1. The molecule has 74 valence electrons. The average molecular weight is 187 g/mol. The molecule has 6 heteroatoms. The van der Waals surface area contributed by atoms with Crippen LogP contribution in [0.4, 0.5) is 13.2 Å². The van der Waals surface area contributed by atoms with Gasteiger partial charge in [-0.15, -0.1) is 0 Å². The van der Waals surface area contributed by atoms with Crippen molar-refractivity contribution in [1.82, 2.24) is 0 Å². The fourth-order valence-corrected chi connectivity index (χ4v) is 0.570. The molecule has 0 aromatic carbocycles. The van der Waals surface area contributed by atoms with E-state index < -0.39 is 18.8 Å². The first-order chi connectivity index (χ1) is 5.52. The first kappa shape index (κ1) is 11.7. The maximum Gasteiger partial charge on any atom is 0.415 e. The molecule has 0 spiro atoms. The number of hydrogen-bond acceptors (Lipinski definition) is 3. The van der Waals surface area contributed by atoms with Crippen molar-refractivity contribution in [3.63, 3.8) is 0 Å². The molecule has 0 amide bonds. The zero-order valence-electron chi connectivity index (χ0n) is 6.73. The minimum Gasteiger partial charge on any atom is -0.382 e. The van der Waals surface area contributed by atoms with Crippen LogP contribution in [0.1, 0.15) is 0 Å². The van der Waals surface area contributed by atoms with Crippen molar-refractivity contribution < 1.29 is 22.6 Å². The van der Waals surface area contributed by atoms with E-state index >= 15 is 0 Å². The van der Waals surface area contributed by atoms with E-state index in [1.54, 1.807) is 0 Å². The van der Waals surface area contributed by atoms with Crippen molar-refractivity contribution >= 4 is 0 Å². The molecule has 0 heterocycles. The highest BCUT2D eigenvalue weighted by Gasteiger charge is 2.39. The van der Waals surface area contributed by atoms with E-state index in [-0.39, 0.29) is 13.2 Å². The van der Waals surface area contributed by atoms with Crippen molar-refractivity contribution in [2.45, 2.75) is 12.3 Å². The van der Waals surface area contributed by atoms with Gasteiger partial charge in [-0.25, -0.2) is 0 Å². The standard InChI is InChI=1S/C6H12F3NO2/c1-11-2-3-12-5(4-10)6(7,8)9/h5H,2-4,10H2,1H3. The Morgan fingerprint density at radius 2 is 1.92 bits per heavy atom. The second-order valence-corrected chi connectivity index (χ2v) is 2.13. The topological polar surface area (TPSA) is 44.5 Å². The summed E-state index contributed by atoms with van der Waals surface area (Å²) >= 11 is 0. The van der Waals surface area contributed by atoms with Gasteiger partial charge in [0.15, 0.2) is 6.10 Å². The molecule has 0 fully saturated rings. The molecule has 0 aromatic rings. The van der Waals surface area contributed by atoms with Gasteiger partial charge in [0, 0.05) is 13.7 Å². The monoisotopic (exact) mass is 187 g/mol. The third-order valence-corrected chi connectivity index (χ3v) is 1.19. The summed E-state index contributed by atoms with van der Waals surface area (Å²) in [5.41, 5.74) is 4.86. The molecule has 0 saturated heterocycles. The van der Waals surface area contributed by atoms with E-state index in [9.17, 15) is 13.2 Å². The Hall–Kier alpha value is -0.330. The zero-order valence-corrected chi connectivity index (χ0v) is 6.73. The summed E-state index contributed by atoms with van der Waals surface area (Å²) < 4.78 is 44.6. The van der Waals surface area contributed by atoms with E-state index in [4.69, 9.17) is 5.73 Å². The molecule has 0 aliphatic rings. The number of ether oxygens (including phenoxy) is 2. The predicted octanol–water partition coefficient (Wildman–Crippen LogP) is 0.539. The molecule has 12 heavy (non-hydrogen) atoms. The zero-order chi connectivity index (χ0) is 9.61. The smallest absolute Gasteiger partial charge is 0.382 e. The van der Waals surface area contributed by atoms with Crippen LogP contribution in [0, 0.1) is 0 Å². The van der Waals surface area contributed by atoms with Gasteiger partial charge in [-0.3, -0.25) is 0 Å². The Morgan fingerprint density at radius 1 is 1.33 bits per heavy atom. The maximum absolute atomic E-state index is 11.9. The van der Waals surface area contributed by atoms with Gasteiger partial charge in [0.25, 0.3) is 0 Å². The van der Waals surface area contributed by atoms with E-state index in [2.05, 4.69) is 9.47 Å². The van der Waals surface area contributed by atoms with E-state index in [0.717, 1.165) is 0 Å². The SMILES string of the molecule is COCCOC(CN)C(F)(F)F. The third-order valence-electron chi connectivity index (χ3n) is 1.19. The van der Waals surface area contributed by atoms with Crippen molar-refractivity contribution in [3.8, 4) is 0 Å². The summed E-state index contributed by atoms with van der Waals surface area (Å²) in [5.74, 6) is 0. The highest BCUT2D eigenvalue weighted by molar-refractivity contribution is 4.67. The summed E-state index contributed by atoms with van der Waals surface area (Å²) in [4.78, 5) is 0. The summed E-state index contributed by atoms with van der Waals surface area (Å²) in [6, 6.07) is 0. The summed E-state index contributed by atoms with van der Waals surface area (Å²) in [7, 11) is 1.38. The van der Waals surface area contributed by atoms with Crippen molar-refractivity contribution in [2.24, 2.45) is 5.73 Å². The second-order valence-electron chi connectivity index (χ2n) is 2.13. The summed E-state index contributed by atoms with van der Waals surface area (Å²) in [6.07, 6.45) is -6.27. The Labute approximate surface area is 68.6 Å². The van der Waals surface area contributed by atoms with Gasteiger partial charge in [-0.2, -0.15) is 13.2 Å². The minimum absolute atomic E-state index is 0.0993. The fraction of sp³-hybridized carbons (Fsp3) is 1.00. The molecule has 0 bridgehead atoms. The van der Waals surface area contributed by atoms with Crippen LogP contribution in [-0.2, 0) is 9.47 Å². The molecule has 0 aliphatic carbocycles. The molecule has 0 aliphatic heterocycles. The van der Waals surface area contributed by atoms with Crippen LogP contribution in [-0.4, -0.2) is 39.1 Å². The lowest BCUT2D eigenvalue weighted by Crippen LogP contribution is -2.39. The molecule has 3 nitrogen and oxygen atoms in total. The number of halogens is 3. The maximum atomic E-state index is 11.9. The molecular weight excluding hydrogens is 175 g/mol. The Bertz CT molecular complexity index is 118. The van der Waals surface area contributed by atoms with Crippen LogP contribution in [0.15, 0.2) is 0 Å². The minimum atomic E-state index is -4.39. The summed E-state index contributed by atoms with van der Waals surface area (Å²) in [6.45, 7) is -0.530. The fourth-order valence-electron chi connectivity index (χ4n) is 0.570. The molecule has 1 atom stereocenters. The third kappa shape index (κ3) is 4.53. The largest absolute Gasteiger partial charge is 0.415 e.